The molecule has 22 heavy (non-hydrogen) atoms. The average Bonchev–Trinajstić information content (AvgIpc) is 2.99. The number of nitrogens with one attached hydrogen (secondary N) is 2. The number of amides is 1. The maximum atomic E-state index is 11.9. The van der Waals surface area contributed by atoms with Crippen molar-refractivity contribution in [3.8, 4) is 11.5 Å². The van der Waals surface area contributed by atoms with Crippen LogP contribution in [0.2, 0.25) is 5.02 Å². The molecule has 1 aliphatic heterocycles. The molecule has 2 aromatic carbocycles. The van der Waals surface area contributed by atoms with Crippen molar-refractivity contribution >= 4 is 23.2 Å². The molecule has 114 valence electrons. The number of benzene rings is 2. The molecule has 0 unspecified atom stereocenters. The quantitative estimate of drug-likeness (QED) is 0.890. The third-order valence-corrected chi connectivity index (χ3v) is 3.57. The summed E-state index contributed by atoms with van der Waals surface area (Å²) < 4.78 is 10.5. The van der Waals surface area contributed by atoms with Crippen molar-refractivity contribution in [2.24, 2.45) is 0 Å². The van der Waals surface area contributed by atoms with E-state index in [4.69, 9.17) is 21.1 Å². The third-order valence-electron chi connectivity index (χ3n) is 3.24. The summed E-state index contributed by atoms with van der Waals surface area (Å²) in [6.45, 7) is 0.834. The Kier molecular flexibility index (Phi) is 4.34. The van der Waals surface area contributed by atoms with Gasteiger partial charge in [-0.25, -0.2) is 0 Å². The van der Waals surface area contributed by atoms with Gasteiger partial charge in [-0.15, -0.1) is 0 Å². The molecule has 0 aromatic heterocycles. The molecule has 0 saturated heterocycles. The SMILES string of the molecule is O=C(CNc1ccccc1Cl)NCc1ccc2c(c1)OCO2. The summed E-state index contributed by atoms with van der Waals surface area (Å²) in [5.41, 5.74) is 1.69. The van der Waals surface area contributed by atoms with Crippen molar-refractivity contribution in [2.75, 3.05) is 18.7 Å². The first-order chi connectivity index (χ1) is 10.7. The maximum absolute atomic E-state index is 11.9. The molecule has 0 aliphatic carbocycles. The van der Waals surface area contributed by atoms with E-state index in [2.05, 4.69) is 10.6 Å². The van der Waals surface area contributed by atoms with E-state index in [1.165, 1.54) is 0 Å². The van der Waals surface area contributed by atoms with Gasteiger partial charge in [0.05, 0.1) is 17.3 Å². The standard InChI is InChI=1S/C16H15ClN2O3/c17-12-3-1-2-4-13(12)18-9-16(20)19-8-11-5-6-14-15(7-11)22-10-21-14/h1-7,18H,8-10H2,(H,19,20). The molecule has 0 radical (unpaired) electrons. The van der Waals surface area contributed by atoms with Gasteiger partial charge in [-0.2, -0.15) is 0 Å². The molecule has 1 aliphatic rings. The molecule has 6 heteroatoms. The second-order valence-electron chi connectivity index (χ2n) is 4.80. The van der Waals surface area contributed by atoms with Gasteiger partial charge >= 0.3 is 0 Å². The molecule has 0 saturated carbocycles. The number of ether oxygens (including phenoxy) is 2. The molecule has 0 fully saturated rings. The van der Waals surface area contributed by atoms with Gasteiger partial charge in [-0.05, 0) is 29.8 Å². The fourth-order valence-electron chi connectivity index (χ4n) is 2.09. The second kappa shape index (κ2) is 6.58. The predicted molar refractivity (Wildman–Crippen MR) is 84.4 cm³/mol. The van der Waals surface area contributed by atoms with Crippen molar-refractivity contribution in [1.29, 1.82) is 0 Å². The number of hydrogen-bond acceptors (Lipinski definition) is 4. The van der Waals surface area contributed by atoms with Crippen LogP contribution in [-0.4, -0.2) is 19.2 Å². The molecular weight excluding hydrogens is 304 g/mol. The number of halogens is 1. The van der Waals surface area contributed by atoms with Crippen LogP contribution in [0, 0.1) is 0 Å². The Morgan fingerprint density at radius 3 is 2.82 bits per heavy atom. The van der Waals surface area contributed by atoms with Crippen LogP contribution in [0.1, 0.15) is 5.56 Å². The summed E-state index contributed by atoms with van der Waals surface area (Å²) in [6.07, 6.45) is 0. The molecule has 0 spiro atoms. The number of para-hydroxylation sites is 1. The van der Waals surface area contributed by atoms with Crippen LogP contribution >= 0.6 is 11.6 Å². The first kappa shape index (κ1) is 14.5. The zero-order chi connectivity index (χ0) is 15.4. The van der Waals surface area contributed by atoms with Crippen molar-refractivity contribution in [3.05, 3.63) is 53.1 Å². The monoisotopic (exact) mass is 318 g/mol. The summed E-state index contributed by atoms with van der Waals surface area (Å²) in [7, 11) is 0. The van der Waals surface area contributed by atoms with Crippen LogP contribution in [-0.2, 0) is 11.3 Å². The first-order valence-electron chi connectivity index (χ1n) is 6.86. The lowest BCUT2D eigenvalue weighted by molar-refractivity contribution is -0.119. The van der Waals surface area contributed by atoms with Crippen molar-refractivity contribution < 1.29 is 14.3 Å². The Balaban J connectivity index is 1.49. The predicted octanol–water partition coefficient (Wildman–Crippen LogP) is 2.80. The zero-order valence-electron chi connectivity index (χ0n) is 11.8. The Morgan fingerprint density at radius 2 is 1.95 bits per heavy atom. The highest BCUT2D eigenvalue weighted by atomic mass is 35.5. The summed E-state index contributed by atoms with van der Waals surface area (Å²) in [5.74, 6) is 1.33. The van der Waals surface area contributed by atoms with Gasteiger partial charge in [0, 0.05) is 6.54 Å². The van der Waals surface area contributed by atoms with E-state index < -0.39 is 0 Å². The molecule has 2 N–H and O–H groups in total. The summed E-state index contributed by atoms with van der Waals surface area (Å²) >= 11 is 6.01. The number of hydrogen-bond donors (Lipinski definition) is 2. The first-order valence-corrected chi connectivity index (χ1v) is 7.24. The molecule has 1 amide bonds. The maximum Gasteiger partial charge on any atom is 0.239 e. The van der Waals surface area contributed by atoms with Crippen LogP contribution in [0.25, 0.3) is 0 Å². The van der Waals surface area contributed by atoms with Gasteiger partial charge < -0.3 is 20.1 Å². The van der Waals surface area contributed by atoms with Crippen molar-refractivity contribution in [2.45, 2.75) is 6.54 Å². The normalized spacial score (nSPS) is 12.0. The van der Waals surface area contributed by atoms with Gasteiger partial charge in [0.1, 0.15) is 0 Å². The minimum absolute atomic E-state index is 0.113. The molecule has 0 atom stereocenters. The fourth-order valence-corrected chi connectivity index (χ4v) is 2.30. The Labute approximate surface area is 133 Å². The Hall–Kier alpha value is -2.40. The van der Waals surface area contributed by atoms with E-state index in [9.17, 15) is 4.79 Å². The van der Waals surface area contributed by atoms with E-state index in [0.717, 1.165) is 17.0 Å². The van der Waals surface area contributed by atoms with E-state index in [1.807, 2.05) is 36.4 Å². The van der Waals surface area contributed by atoms with E-state index >= 15 is 0 Å². The highest BCUT2D eigenvalue weighted by molar-refractivity contribution is 6.33. The van der Waals surface area contributed by atoms with Crippen LogP contribution in [0.3, 0.4) is 0 Å². The fraction of sp³-hybridized carbons (Fsp3) is 0.188. The van der Waals surface area contributed by atoms with Gasteiger partial charge in [-0.1, -0.05) is 29.8 Å². The molecule has 3 rings (SSSR count). The van der Waals surface area contributed by atoms with Crippen molar-refractivity contribution in [1.82, 2.24) is 5.32 Å². The molecule has 0 bridgehead atoms. The van der Waals surface area contributed by atoms with Crippen LogP contribution < -0.4 is 20.1 Å². The third kappa shape index (κ3) is 3.43. The van der Waals surface area contributed by atoms with Gasteiger partial charge in [0.2, 0.25) is 12.7 Å². The number of carbonyl (C=O) groups excluding carboxylic acids is 1. The van der Waals surface area contributed by atoms with E-state index in [1.54, 1.807) is 6.07 Å². The molecule has 2 aromatic rings. The number of carbonyl (C=O) groups is 1. The van der Waals surface area contributed by atoms with Crippen molar-refractivity contribution in [3.63, 3.8) is 0 Å². The smallest absolute Gasteiger partial charge is 0.239 e. The Morgan fingerprint density at radius 1 is 1.14 bits per heavy atom. The van der Waals surface area contributed by atoms with Crippen LogP contribution in [0.4, 0.5) is 5.69 Å². The molecule has 5 nitrogen and oxygen atoms in total. The van der Waals surface area contributed by atoms with Gasteiger partial charge in [0.25, 0.3) is 0 Å². The lowest BCUT2D eigenvalue weighted by atomic mass is 10.2. The summed E-state index contributed by atoms with van der Waals surface area (Å²) in [4.78, 5) is 11.9. The van der Waals surface area contributed by atoms with E-state index in [0.29, 0.717) is 17.3 Å². The number of anilines is 1. The Bertz CT molecular complexity index is 691. The summed E-state index contributed by atoms with van der Waals surface area (Å²) in [5, 5.41) is 6.43. The van der Waals surface area contributed by atoms with Gasteiger partial charge in [-0.3, -0.25) is 4.79 Å². The minimum Gasteiger partial charge on any atom is -0.454 e. The largest absolute Gasteiger partial charge is 0.454 e. The molecule has 1 heterocycles. The van der Waals surface area contributed by atoms with Gasteiger partial charge in [0.15, 0.2) is 11.5 Å². The number of rotatable bonds is 5. The summed E-state index contributed by atoms with van der Waals surface area (Å²) in [6, 6.07) is 12.9. The zero-order valence-corrected chi connectivity index (χ0v) is 12.5. The van der Waals surface area contributed by atoms with Crippen LogP contribution in [0.15, 0.2) is 42.5 Å². The topological polar surface area (TPSA) is 59.6 Å². The molecular formula is C16H15ClN2O3. The highest BCUT2D eigenvalue weighted by Crippen LogP contribution is 2.32. The highest BCUT2D eigenvalue weighted by Gasteiger charge is 2.13. The number of fused-ring (bicyclic) bond motifs is 1. The van der Waals surface area contributed by atoms with Crippen LogP contribution in [0.5, 0.6) is 11.5 Å². The van der Waals surface area contributed by atoms with E-state index in [-0.39, 0.29) is 19.2 Å². The minimum atomic E-state index is -0.113. The lowest BCUT2D eigenvalue weighted by Crippen LogP contribution is -2.29. The lowest BCUT2D eigenvalue weighted by Gasteiger charge is -2.09. The second-order valence-corrected chi connectivity index (χ2v) is 5.20. The average molecular weight is 319 g/mol.